The Morgan fingerprint density at radius 1 is 0.914 bits per heavy atom. The van der Waals surface area contributed by atoms with Gasteiger partial charge in [0.25, 0.3) is 0 Å². The lowest BCUT2D eigenvalue weighted by Crippen LogP contribution is -2.50. The van der Waals surface area contributed by atoms with Gasteiger partial charge >= 0.3 is 12.1 Å². The maximum absolute atomic E-state index is 13.3. The Morgan fingerprint density at radius 2 is 1.49 bits per heavy atom. The van der Waals surface area contributed by atoms with E-state index in [4.69, 9.17) is 4.74 Å². The number of para-hydroxylation sites is 1. The van der Waals surface area contributed by atoms with Crippen LogP contribution in [0.15, 0.2) is 78.9 Å². The highest BCUT2D eigenvalue weighted by Gasteiger charge is 2.31. The molecule has 1 atom stereocenters. The summed E-state index contributed by atoms with van der Waals surface area (Å²) in [6, 6.07) is 23.8. The zero-order chi connectivity index (χ0) is 24.8. The van der Waals surface area contributed by atoms with E-state index < -0.39 is 30.6 Å². The summed E-state index contributed by atoms with van der Waals surface area (Å²) in [6.45, 7) is 1.52. The summed E-state index contributed by atoms with van der Waals surface area (Å²) < 4.78 is 5.60. The summed E-state index contributed by atoms with van der Waals surface area (Å²) >= 11 is 0. The summed E-state index contributed by atoms with van der Waals surface area (Å²) in [4.78, 5) is 38.7. The van der Waals surface area contributed by atoms with Gasteiger partial charge in [-0.15, -0.1) is 0 Å². The number of carbonyl (C=O) groups excluding carboxylic acids is 2. The molecule has 2 N–H and O–H groups in total. The average molecular weight is 473 g/mol. The van der Waals surface area contributed by atoms with E-state index in [2.05, 4.69) is 17.4 Å². The molecule has 0 bridgehead atoms. The molecule has 1 aliphatic rings. The first kappa shape index (κ1) is 24.0. The molecule has 0 aromatic heterocycles. The van der Waals surface area contributed by atoms with Crippen LogP contribution in [0.4, 0.5) is 10.5 Å². The molecule has 1 aliphatic carbocycles. The van der Waals surface area contributed by atoms with Crippen LogP contribution in [-0.4, -0.2) is 42.3 Å². The standard InChI is InChI=1S/C28H28N2O5/c1-2-10-25(27(33)30(17-26(31)32)19-11-4-3-5-12-19)29-28(34)35-18-24-22-15-8-6-13-20(22)21-14-7-9-16-23(21)24/h3-9,11-16,24-25H,2,10,17-18H2,1H3,(H,29,34)(H,31,32)/t25-/m0/s1. The third-order valence-electron chi connectivity index (χ3n) is 6.14. The zero-order valence-electron chi connectivity index (χ0n) is 19.5. The van der Waals surface area contributed by atoms with Crippen molar-refractivity contribution < 1.29 is 24.2 Å². The summed E-state index contributed by atoms with van der Waals surface area (Å²) in [5, 5.41) is 12.0. The number of nitrogens with one attached hydrogen (secondary N) is 1. The van der Waals surface area contributed by atoms with E-state index in [9.17, 15) is 19.5 Å². The number of aliphatic carboxylic acids is 1. The summed E-state index contributed by atoms with van der Waals surface area (Å²) in [7, 11) is 0. The van der Waals surface area contributed by atoms with E-state index in [1.54, 1.807) is 30.3 Å². The number of nitrogens with zero attached hydrogens (tertiary/aromatic N) is 1. The van der Waals surface area contributed by atoms with Crippen LogP contribution >= 0.6 is 0 Å². The molecule has 0 spiro atoms. The Labute approximate surface area is 204 Å². The van der Waals surface area contributed by atoms with Gasteiger partial charge in [-0.25, -0.2) is 4.79 Å². The highest BCUT2D eigenvalue weighted by atomic mass is 16.5. The molecule has 7 heteroatoms. The van der Waals surface area contributed by atoms with Gasteiger partial charge in [0.05, 0.1) is 0 Å². The molecule has 0 unspecified atom stereocenters. The summed E-state index contributed by atoms with van der Waals surface area (Å²) in [6.07, 6.45) is 0.267. The largest absolute Gasteiger partial charge is 0.480 e. The lowest BCUT2D eigenvalue weighted by atomic mass is 9.98. The first-order valence-electron chi connectivity index (χ1n) is 11.7. The minimum absolute atomic E-state index is 0.0960. The van der Waals surface area contributed by atoms with E-state index in [0.717, 1.165) is 22.3 Å². The van der Waals surface area contributed by atoms with Crippen molar-refractivity contribution in [2.45, 2.75) is 31.7 Å². The van der Waals surface area contributed by atoms with Crippen LogP contribution in [0.3, 0.4) is 0 Å². The molecular formula is C28H28N2O5. The van der Waals surface area contributed by atoms with Crippen LogP contribution in [0, 0.1) is 0 Å². The van der Waals surface area contributed by atoms with E-state index >= 15 is 0 Å². The van der Waals surface area contributed by atoms with Crippen LogP contribution in [0.2, 0.25) is 0 Å². The van der Waals surface area contributed by atoms with Crippen molar-refractivity contribution in [2.75, 3.05) is 18.1 Å². The van der Waals surface area contributed by atoms with Crippen molar-refractivity contribution >= 4 is 23.7 Å². The molecule has 7 nitrogen and oxygen atoms in total. The second kappa shape index (κ2) is 10.9. The number of benzene rings is 3. The molecular weight excluding hydrogens is 444 g/mol. The number of hydrogen-bond donors (Lipinski definition) is 2. The van der Waals surface area contributed by atoms with Crippen LogP contribution in [-0.2, 0) is 14.3 Å². The van der Waals surface area contributed by atoms with Gasteiger partial charge in [-0.2, -0.15) is 0 Å². The number of fused-ring (bicyclic) bond motifs is 3. The molecule has 4 rings (SSSR count). The number of hydrogen-bond acceptors (Lipinski definition) is 4. The van der Waals surface area contributed by atoms with Crippen LogP contribution in [0.5, 0.6) is 0 Å². The van der Waals surface area contributed by atoms with Crippen LogP contribution in [0.1, 0.15) is 36.8 Å². The highest BCUT2D eigenvalue weighted by molar-refractivity contribution is 6.01. The molecule has 0 aliphatic heterocycles. The first-order valence-corrected chi connectivity index (χ1v) is 11.7. The van der Waals surface area contributed by atoms with Crippen molar-refractivity contribution in [1.82, 2.24) is 5.32 Å². The fraction of sp³-hybridized carbons (Fsp3) is 0.250. The van der Waals surface area contributed by atoms with E-state index in [1.807, 2.05) is 43.3 Å². The summed E-state index contributed by atoms with van der Waals surface area (Å²) in [5.74, 6) is -1.73. The number of carboxylic acid groups (broad SMARTS) is 1. The second-order valence-corrected chi connectivity index (χ2v) is 8.46. The van der Waals surface area contributed by atoms with Gasteiger partial charge in [0.15, 0.2) is 0 Å². The molecule has 3 aromatic rings. The number of anilines is 1. The minimum atomic E-state index is -1.14. The van der Waals surface area contributed by atoms with E-state index in [0.29, 0.717) is 18.5 Å². The van der Waals surface area contributed by atoms with Gasteiger partial charge in [0, 0.05) is 11.6 Å². The van der Waals surface area contributed by atoms with Crippen LogP contribution < -0.4 is 10.2 Å². The Balaban J connectivity index is 1.47. The lowest BCUT2D eigenvalue weighted by molar-refractivity contribution is -0.136. The Hall–Kier alpha value is -4.13. The smallest absolute Gasteiger partial charge is 0.407 e. The minimum Gasteiger partial charge on any atom is -0.480 e. The Morgan fingerprint density at radius 3 is 2.06 bits per heavy atom. The lowest BCUT2D eigenvalue weighted by Gasteiger charge is -2.26. The van der Waals surface area contributed by atoms with Crippen LogP contribution in [0.25, 0.3) is 11.1 Å². The predicted octanol–water partition coefficient (Wildman–Crippen LogP) is 4.81. The number of amides is 2. The number of carbonyl (C=O) groups is 3. The van der Waals surface area contributed by atoms with E-state index in [1.165, 1.54) is 4.90 Å². The maximum atomic E-state index is 13.3. The topological polar surface area (TPSA) is 95.9 Å². The van der Waals surface area contributed by atoms with Crippen molar-refractivity contribution in [3.8, 4) is 11.1 Å². The average Bonchev–Trinajstić information content (AvgIpc) is 3.19. The Kier molecular flexibility index (Phi) is 7.45. The highest BCUT2D eigenvalue weighted by Crippen LogP contribution is 2.44. The fourth-order valence-corrected chi connectivity index (χ4v) is 4.56. The molecule has 35 heavy (non-hydrogen) atoms. The normalized spacial score (nSPS) is 12.8. The van der Waals surface area contributed by atoms with Crippen molar-refractivity contribution in [2.24, 2.45) is 0 Å². The first-order chi connectivity index (χ1) is 17.0. The Bertz CT molecular complexity index is 1170. The number of alkyl carbamates (subject to hydrolysis) is 1. The second-order valence-electron chi connectivity index (χ2n) is 8.46. The molecule has 3 aromatic carbocycles. The maximum Gasteiger partial charge on any atom is 0.407 e. The molecule has 0 saturated carbocycles. The quantitative estimate of drug-likeness (QED) is 0.466. The molecule has 0 fully saturated rings. The number of ether oxygens (including phenoxy) is 1. The molecule has 180 valence electrons. The predicted molar refractivity (Wildman–Crippen MR) is 133 cm³/mol. The van der Waals surface area contributed by atoms with Gasteiger partial charge in [-0.05, 0) is 40.8 Å². The van der Waals surface area contributed by atoms with Gasteiger partial charge < -0.3 is 15.2 Å². The monoisotopic (exact) mass is 472 g/mol. The fourth-order valence-electron chi connectivity index (χ4n) is 4.56. The van der Waals surface area contributed by atoms with Gasteiger partial charge in [-0.3, -0.25) is 14.5 Å². The van der Waals surface area contributed by atoms with Crippen molar-refractivity contribution in [1.29, 1.82) is 0 Å². The SMILES string of the molecule is CCC[C@H](NC(=O)OCC1c2ccccc2-c2ccccc21)C(=O)N(CC(=O)O)c1ccccc1. The van der Waals surface area contributed by atoms with Gasteiger partial charge in [0.2, 0.25) is 5.91 Å². The van der Waals surface area contributed by atoms with Crippen molar-refractivity contribution in [3.63, 3.8) is 0 Å². The third-order valence-corrected chi connectivity index (χ3v) is 6.14. The third kappa shape index (κ3) is 5.35. The number of carboxylic acids is 1. The van der Waals surface area contributed by atoms with Gasteiger partial charge in [0.1, 0.15) is 19.2 Å². The van der Waals surface area contributed by atoms with Gasteiger partial charge in [-0.1, -0.05) is 80.1 Å². The molecule has 0 saturated heterocycles. The van der Waals surface area contributed by atoms with Crippen molar-refractivity contribution in [3.05, 3.63) is 90.0 Å². The molecule has 2 amide bonds. The number of rotatable bonds is 9. The molecule has 0 heterocycles. The zero-order valence-corrected chi connectivity index (χ0v) is 19.5. The summed E-state index contributed by atoms with van der Waals surface area (Å²) in [5.41, 5.74) is 4.90. The van der Waals surface area contributed by atoms with E-state index in [-0.39, 0.29) is 12.5 Å². The molecule has 0 radical (unpaired) electrons.